The van der Waals surface area contributed by atoms with E-state index in [2.05, 4.69) is 0 Å². The van der Waals surface area contributed by atoms with Gasteiger partial charge in [0.25, 0.3) is 0 Å². The molecular weight excluding hydrogens is 352 g/mol. The van der Waals surface area contributed by atoms with Crippen LogP contribution in [0.5, 0.6) is 11.5 Å². The summed E-state index contributed by atoms with van der Waals surface area (Å²) in [5.41, 5.74) is 0.121. The van der Waals surface area contributed by atoms with Gasteiger partial charge in [0.2, 0.25) is 0 Å². The number of rotatable bonds is 4. The maximum absolute atomic E-state index is 11.4. The Labute approximate surface area is 166 Å². The normalized spacial score (nSPS) is 20.5. The molecule has 2 aromatic rings. The molecule has 1 aliphatic rings. The Morgan fingerprint density at radius 2 is 1.21 bits per heavy atom. The van der Waals surface area contributed by atoms with Crippen LogP contribution in [0.25, 0.3) is 0 Å². The van der Waals surface area contributed by atoms with Crippen molar-refractivity contribution in [2.45, 2.75) is 50.5 Å². The standard InChI is InChI=1S/C24H28O4/c1-22(2,16-5-9-18(25)10-6-16)20-13-14-24(28,15-21(20)27)23(3,4)17-7-11-19(26)12-8-17/h5-14,25-28H,15H2,1-4H3. The Balaban J connectivity index is 1.95. The number of benzene rings is 2. The van der Waals surface area contributed by atoms with Crippen molar-refractivity contribution in [3.8, 4) is 11.5 Å². The lowest BCUT2D eigenvalue weighted by Crippen LogP contribution is -2.48. The van der Waals surface area contributed by atoms with Gasteiger partial charge in [-0.05, 0) is 41.0 Å². The minimum atomic E-state index is -1.28. The number of hydrogen-bond acceptors (Lipinski definition) is 4. The van der Waals surface area contributed by atoms with Gasteiger partial charge >= 0.3 is 0 Å². The zero-order valence-electron chi connectivity index (χ0n) is 16.8. The number of aromatic hydroxyl groups is 2. The molecule has 1 unspecified atom stereocenters. The molecule has 4 heteroatoms. The van der Waals surface area contributed by atoms with Crippen LogP contribution in [0.4, 0.5) is 0 Å². The van der Waals surface area contributed by atoms with E-state index in [-0.39, 0.29) is 23.7 Å². The van der Waals surface area contributed by atoms with Gasteiger partial charge in [0.1, 0.15) is 11.5 Å². The molecule has 4 nitrogen and oxygen atoms in total. The maximum atomic E-state index is 11.4. The second-order valence-corrected chi connectivity index (χ2v) is 8.64. The molecule has 4 N–H and O–H groups in total. The molecule has 1 aliphatic carbocycles. The first-order valence-corrected chi connectivity index (χ1v) is 9.40. The van der Waals surface area contributed by atoms with Crippen LogP contribution in [0.1, 0.15) is 45.2 Å². The van der Waals surface area contributed by atoms with Crippen molar-refractivity contribution < 1.29 is 20.4 Å². The molecule has 0 amide bonds. The Morgan fingerprint density at radius 1 is 0.750 bits per heavy atom. The molecule has 0 bridgehead atoms. The molecule has 0 fully saturated rings. The van der Waals surface area contributed by atoms with Crippen LogP contribution in [0.15, 0.2) is 72.0 Å². The van der Waals surface area contributed by atoms with E-state index in [1.165, 1.54) is 0 Å². The van der Waals surface area contributed by atoms with Gasteiger partial charge in [-0.2, -0.15) is 0 Å². The van der Waals surface area contributed by atoms with Crippen LogP contribution in [0, 0.1) is 0 Å². The van der Waals surface area contributed by atoms with Crippen molar-refractivity contribution in [2.24, 2.45) is 0 Å². The summed E-state index contributed by atoms with van der Waals surface area (Å²) in [4.78, 5) is 0. The predicted octanol–water partition coefficient (Wildman–Crippen LogP) is 4.86. The highest BCUT2D eigenvalue weighted by Gasteiger charge is 2.46. The molecule has 1 atom stereocenters. The lowest BCUT2D eigenvalue weighted by molar-refractivity contribution is 0.00914. The second kappa shape index (κ2) is 6.71. The molecule has 0 spiro atoms. The highest BCUT2D eigenvalue weighted by molar-refractivity contribution is 5.47. The van der Waals surface area contributed by atoms with Gasteiger partial charge in [0.05, 0.1) is 11.4 Å². The molecule has 0 aliphatic heterocycles. The fourth-order valence-electron chi connectivity index (χ4n) is 3.89. The summed E-state index contributed by atoms with van der Waals surface area (Å²) in [5.74, 6) is 0.517. The van der Waals surface area contributed by atoms with Crippen molar-refractivity contribution in [3.63, 3.8) is 0 Å². The summed E-state index contributed by atoms with van der Waals surface area (Å²) in [6.45, 7) is 7.86. The fraction of sp³-hybridized carbons (Fsp3) is 0.333. The molecular formula is C24H28O4. The summed E-state index contributed by atoms with van der Waals surface area (Å²) in [6.07, 6.45) is 3.65. The minimum absolute atomic E-state index is 0.0915. The first-order valence-electron chi connectivity index (χ1n) is 9.40. The monoisotopic (exact) mass is 380 g/mol. The van der Waals surface area contributed by atoms with Crippen LogP contribution in [-0.2, 0) is 10.8 Å². The largest absolute Gasteiger partial charge is 0.512 e. The number of hydrogen-bond donors (Lipinski definition) is 4. The van der Waals surface area contributed by atoms with Crippen molar-refractivity contribution in [1.29, 1.82) is 0 Å². The average molecular weight is 380 g/mol. The fourth-order valence-corrected chi connectivity index (χ4v) is 3.89. The third kappa shape index (κ3) is 3.29. The maximum Gasteiger partial charge on any atom is 0.115 e. The Bertz CT molecular complexity index is 918. The smallest absolute Gasteiger partial charge is 0.115 e. The zero-order chi connectivity index (χ0) is 20.7. The highest BCUT2D eigenvalue weighted by Crippen LogP contribution is 2.46. The molecule has 2 aromatic carbocycles. The molecule has 0 aromatic heterocycles. The third-order valence-corrected chi connectivity index (χ3v) is 6.21. The first kappa shape index (κ1) is 20.0. The van der Waals surface area contributed by atoms with Crippen molar-refractivity contribution in [1.82, 2.24) is 0 Å². The van der Waals surface area contributed by atoms with E-state index >= 15 is 0 Å². The van der Waals surface area contributed by atoms with Crippen molar-refractivity contribution in [3.05, 3.63) is 83.1 Å². The second-order valence-electron chi connectivity index (χ2n) is 8.64. The molecule has 148 valence electrons. The number of aliphatic hydroxyl groups is 2. The first-order chi connectivity index (χ1) is 13.0. The van der Waals surface area contributed by atoms with Gasteiger partial charge in [-0.1, -0.05) is 64.1 Å². The van der Waals surface area contributed by atoms with E-state index in [1.807, 2.05) is 39.8 Å². The number of phenolic OH excluding ortho intramolecular Hbond substituents is 2. The van der Waals surface area contributed by atoms with Gasteiger partial charge in [-0.15, -0.1) is 0 Å². The van der Waals surface area contributed by atoms with Crippen molar-refractivity contribution >= 4 is 0 Å². The summed E-state index contributed by atoms with van der Waals surface area (Å²) >= 11 is 0. The lowest BCUT2D eigenvalue weighted by Gasteiger charge is -2.44. The van der Waals surface area contributed by atoms with Gasteiger partial charge < -0.3 is 20.4 Å². The van der Waals surface area contributed by atoms with Gasteiger partial charge in [-0.25, -0.2) is 0 Å². The summed E-state index contributed by atoms with van der Waals surface area (Å²) in [6, 6.07) is 13.7. The van der Waals surface area contributed by atoms with E-state index < -0.39 is 16.4 Å². The molecule has 3 rings (SSSR count). The Morgan fingerprint density at radius 3 is 1.68 bits per heavy atom. The van der Waals surface area contributed by atoms with Crippen LogP contribution < -0.4 is 0 Å². The van der Waals surface area contributed by atoms with Gasteiger partial charge in [0, 0.05) is 17.3 Å². The highest BCUT2D eigenvalue weighted by atomic mass is 16.3. The Kier molecular flexibility index (Phi) is 4.80. The SMILES string of the molecule is CC(C)(C1=C(O)CC(O)(C(C)(C)c2ccc(O)cc2)C=C1)c1ccc(O)cc1. The summed E-state index contributed by atoms with van der Waals surface area (Å²) < 4.78 is 0. The van der Waals surface area contributed by atoms with Crippen LogP contribution in [-0.4, -0.2) is 26.0 Å². The van der Waals surface area contributed by atoms with Crippen LogP contribution in [0.3, 0.4) is 0 Å². The predicted molar refractivity (Wildman–Crippen MR) is 111 cm³/mol. The third-order valence-electron chi connectivity index (χ3n) is 6.21. The summed E-state index contributed by atoms with van der Waals surface area (Å²) in [5, 5.41) is 41.4. The molecule has 0 radical (unpaired) electrons. The average Bonchev–Trinajstić information content (AvgIpc) is 2.62. The zero-order valence-corrected chi connectivity index (χ0v) is 16.8. The lowest BCUT2D eigenvalue weighted by atomic mass is 9.64. The number of phenols is 2. The van der Waals surface area contributed by atoms with Gasteiger partial charge in [0.15, 0.2) is 0 Å². The minimum Gasteiger partial charge on any atom is -0.512 e. The molecule has 28 heavy (non-hydrogen) atoms. The van der Waals surface area contributed by atoms with E-state index in [4.69, 9.17) is 0 Å². The number of aliphatic hydroxyl groups excluding tert-OH is 1. The summed E-state index contributed by atoms with van der Waals surface area (Å²) in [7, 11) is 0. The van der Waals surface area contributed by atoms with E-state index in [9.17, 15) is 20.4 Å². The topological polar surface area (TPSA) is 80.9 Å². The van der Waals surface area contributed by atoms with Crippen molar-refractivity contribution in [2.75, 3.05) is 0 Å². The molecule has 0 saturated heterocycles. The van der Waals surface area contributed by atoms with Gasteiger partial charge in [-0.3, -0.25) is 0 Å². The van der Waals surface area contributed by atoms with E-state index in [0.717, 1.165) is 16.7 Å². The number of allylic oxidation sites excluding steroid dienone is 2. The van der Waals surface area contributed by atoms with E-state index in [1.54, 1.807) is 48.6 Å². The quantitative estimate of drug-likeness (QED) is 0.611. The van der Waals surface area contributed by atoms with E-state index in [0.29, 0.717) is 0 Å². The van der Waals surface area contributed by atoms with Crippen LogP contribution in [0.2, 0.25) is 0 Å². The van der Waals surface area contributed by atoms with Crippen LogP contribution >= 0.6 is 0 Å². The Hall–Kier alpha value is -2.72. The molecule has 0 saturated carbocycles. The molecule has 0 heterocycles.